The summed E-state index contributed by atoms with van der Waals surface area (Å²) in [6.45, 7) is 0. The number of aromatic hydroxyl groups is 1. The number of ether oxygens (including phenoxy) is 1. The molecule has 1 amide bonds. The molecule has 7 heteroatoms. The summed E-state index contributed by atoms with van der Waals surface area (Å²) in [5, 5.41) is 29.9. The second-order valence-electron chi connectivity index (χ2n) is 5.38. The van der Waals surface area contributed by atoms with Gasteiger partial charge < -0.3 is 14.9 Å². The molecule has 2 aromatic carbocycles. The standard InChI is InChI=1S/C17H14ClNO5/c18-13-2-1-3-14-16(13)17(22,8-15(21)19-23)12(9-24-14)10-4-6-11(20)7-5-10/h1-7,9,20,22-23H,8H2,(H,19,21). The zero-order chi connectivity index (χ0) is 17.3. The lowest BCUT2D eigenvalue weighted by Crippen LogP contribution is -2.37. The molecule has 124 valence electrons. The van der Waals surface area contributed by atoms with Gasteiger partial charge in [-0.2, -0.15) is 0 Å². The van der Waals surface area contributed by atoms with Gasteiger partial charge in [-0.05, 0) is 29.8 Å². The summed E-state index contributed by atoms with van der Waals surface area (Å²) in [5.74, 6) is -0.403. The summed E-state index contributed by atoms with van der Waals surface area (Å²) in [6.07, 6.45) is 0.867. The van der Waals surface area contributed by atoms with Crippen LogP contribution in [0.2, 0.25) is 5.02 Å². The van der Waals surface area contributed by atoms with Crippen LogP contribution in [-0.2, 0) is 10.4 Å². The molecule has 24 heavy (non-hydrogen) atoms. The number of halogens is 1. The lowest BCUT2D eigenvalue weighted by Gasteiger charge is -2.35. The van der Waals surface area contributed by atoms with E-state index in [1.54, 1.807) is 30.3 Å². The smallest absolute Gasteiger partial charge is 0.246 e. The topological polar surface area (TPSA) is 99.0 Å². The average Bonchev–Trinajstić information content (AvgIpc) is 2.56. The largest absolute Gasteiger partial charge is 0.508 e. The van der Waals surface area contributed by atoms with Crippen molar-refractivity contribution in [2.75, 3.05) is 0 Å². The molecule has 0 aromatic heterocycles. The Hall–Kier alpha value is -2.54. The van der Waals surface area contributed by atoms with Gasteiger partial charge in [0.1, 0.15) is 17.1 Å². The van der Waals surface area contributed by atoms with Gasteiger partial charge in [0.2, 0.25) is 5.91 Å². The third-order valence-electron chi connectivity index (χ3n) is 3.86. The number of fused-ring (bicyclic) bond motifs is 1. The van der Waals surface area contributed by atoms with Crippen LogP contribution in [0.15, 0.2) is 48.7 Å². The Labute approximate surface area is 142 Å². The Bertz CT molecular complexity index is 818. The molecule has 0 spiro atoms. The molecule has 1 aliphatic rings. The van der Waals surface area contributed by atoms with E-state index in [1.807, 2.05) is 0 Å². The van der Waals surface area contributed by atoms with Crippen molar-refractivity contribution in [3.05, 3.63) is 64.9 Å². The number of hydrogen-bond acceptors (Lipinski definition) is 5. The number of rotatable bonds is 3. The lowest BCUT2D eigenvalue weighted by molar-refractivity contribution is -0.132. The maximum absolute atomic E-state index is 11.8. The minimum absolute atomic E-state index is 0.0613. The molecule has 0 fully saturated rings. The van der Waals surface area contributed by atoms with Crippen molar-refractivity contribution in [3.63, 3.8) is 0 Å². The van der Waals surface area contributed by atoms with Gasteiger partial charge in [-0.1, -0.05) is 29.8 Å². The van der Waals surface area contributed by atoms with Crippen LogP contribution in [-0.4, -0.2) is 21.3 Å². The molecule has 2 aromatic rings. The maximum Gasteiger partial charge on any atom is 0.246 e. The number of hydroxylamine groups is 1. The molecule has 0 bridgehead atoms. The molecule has 1 atom stereocenters. The van der Waals surface area contributed by atoms with Crippen LogP contribution in [0.5, 0.6) is 11.5 Å². The highest BCUT2D eigenvalue weighted by Gasteiger charge is 2.43. The van der Waals surface area contributed by atoms with E-state index < -0.39 is 17.9 Å². The van der Waals surface area contributed by atoms with Crippen molar-refractivity contribution in [3.8, 4) is 11.5 Å². The van der Waals surface area contributed by atoms with Gasteiger partial charge in [0.25, 0.3) is 0 Å². The minimum Gasteiger partial charge on any atom is -0.508 e. The molecule has 1 unspecified atom stereocenters. The Kier molecular flexibility index (Phi) is 4.19. The zero-order valence-corrected chi connectivity index (χ0v) is 13.1. The van der Waals surface area contributed by atoms with Gasteiger partial charge >= 0.3 is 0 Å². The lowest BCUT2D eigenvalue weighted by atomic mass is 9.78. The number of aliphatic hydroxyl groups is 1. The Morgan fingerprint density at radius 1 is 1.21 bits per heavy atom. The first-order valence-corrected chi connectivity index (χ1v) is 7.44. The number of amides is 1. The van der Waals surface area contributed by atoms with Gasteiger partial charge in [-0.3, -0.25) is 10.0 Å². The van der Waals surface area contributed by atoms with Gasteiger partial charge in [-0.25, -0.2) is 5.48 Å². The molecule has 3 rings (SSSR count). The van der Waals surface area contributed by atoms with Gasteiger partial charge in [-0.15, -0.1) is 0 Å². The Balaban J connectivity index is 2.18. The van der Waals surface area contributed by atoms with Crippen LogP contribution in [0.1, 0.15) is 17.5 Å². The molecular formula is C17H14ClNO5. The fraction of sp³-hybridized carbons (Fsp3) is 0.118. The van der Waals surface area contributed by atoms with E-state index in [4.69, 9.17) is 21.5 Å². The number of hydrogen-bond donors (Lipinski definition) is 4. The molecule has 0 aliphatic carbocycles. The van der Waals surface area contributed by atoms with E-state index in [0.717, 1.165) is 0 Å². The quantitative estimate of drug-likeness (QED) is 0.505. The van der Waals surface area contributed by atoms with Gasteiger partial charge in [0.05, 0.1) is 17.7 Å². The molecule has 4 N–H and O–H groups in total. The summed E-state index contributed by atoms with van der Waals surface area (Å²) in [5.41, 5.74) is 0.764. The first-order valence-electron chi connectivity index (χ1n) is 7.06. The molecule has 0 saturated carbocycles. The molecular weight excluding hydrogens is 334 g/mol. The zero-order valence-electron chi connectivity index (χ0n) is 12.4. The van der Waals surface area contributed by atoms with Crippen LogP contribution in [0.25, 0.3) is 5.57 Å². The number of nitrogens with one attached hydrogen (secondary N) is 1. The normalized spacial score (nSPS) is 19.0. The highest BCUT2D eigenvalue weighted by molar-refractivity contribution is 6.32. The first-order chi connectivity index (χ1) is 11.5. The van der Waals surface area contributed by atoms with Crippen molar-refractivity contribution < 1.29 is 25.0 Å². The predicted octanol–water partition coefficient (Wildman–Crippen LogP) is 2.56. The summed E-state index contributed by atoms with van der Waals surface area (Å²) < 4.78 is 5.55. The second kappa shape index (κ2) is 6.16. The molecule has 1 aliphatic heterocycles. The summed E-state index contributed by atoms with van der Waals surface area (Å²) >= 11 is 6.23. The minimum atomic E-state index is -1.81. The van der Waals surface area contributed by atoms with Crippen molar-refractivity contribution >= 4 is 23.1 Å². The van der Waals surface area contributed by atoms with E-state index in [0.29, 0.717) is 11.3 Å². The summed E-state index contributed by atoms with van der Waals surface area (Å²) in [6, 6.07) is 10.9. The van der Waals surface area contributed by atoms with E-state index in [9.17, 15) is 15.0 Å². The number of benzene rings is 2. The second-order valence-corrected chi connectivity index (χ2v) is 5.79. The maximum atomic E-state index is 11.8. The third kappa shape index (κ3) is 2.71. The fourth-order valence-corrected chi connectivity index (χ4v) is 3.08. The number of phenolic OH excluding ortho intramolecular Hbond substituents is 1. The van der Waals surface area contributed by atoms with E-state index in [-0.39, 0.29) is 21.9 Å². The number of carbonyl (C=O) groups excluding carboxylic acids is 1. The van der Waals surface area contributed by atoms with Crippen LogP contribution < -0.4 is 10.2 Å². The average molecular weight is 348 g/mol. The monoisotopic (exact) mass is 347 g/mol. The Morgan fingerprint density at radius 2 is 1.92 bits per heavy atom. The third-order valence-corrected chi connectivity index (χ3v) is 4.17. The van der Waals surface area contributed by atoms with Crippen molar-refractivity contribution in [1.82, 2.24) is 5.48 Å². The molecule has 1 heterocycles. The number of carbonyl (C=O) groups is 1. The van der Waals surface area contributed by atoms with Crippen LogP contribution in [0.4, 0.5) is 0 Å². The van der Waals surface area contributed by atoms with Crippen LogP contribution in [0, 0.1) is 0 Å². The predicted molar refractivity (Wildman–Crippen MR) is 86.6 cm³/mol. The van der Waals surface area contributed by atoms with Crippen LogP contribution in [0.3, 0.4) is 0 Å². The van der Waals surface area contributed by atoms with E-state index in [1.165, 1.54) is 23.9 Å². The number of phenols is 1. The highest BCUT2D eigenvalue weighted by Crippen LogP contribution is 2.49. The highest BCUT2D eigenvalue weighted by atomic mass is 35.5. The first kappa shape index (κ1) is 16.3. The summed E-state index contributed by atoms with van der Waals surface area (Å²) in [4.78, 5) is 11.8. The molecule has 0 saturated heterocycles. The Morgan fingerprint density at radius 3 is 2.58 bits per heavy atom. The molecule has 0 radical (unpaired) electrons. The SMILES string of the molecule is O=C(CC1(O)C(c2ccc(O)cc2)=COc2cccc(Cl)c21)NO. The van der Waals surface area contributed by atoms with Crippen molar-refractivity contribution in [2.24, 2.45) is 0 Å². The van der Waals surface area contributed by atoms with Gasteiger partial charge in [0, 0.05) is 11.1 Å². The van der Waals surface area contributed by atoms with Crippen molar-refractivity contribution in [2.45, 2.75) is 12.0 Å². The van der Waals surface area contributed by atoms with E-state index >= 15 is 0 Å². The molecule has 6 nitrogen and oxygen atoms in total. The fourth-order valence-electron chi connectivity index (χ4n) is 2.76. The summed E-state index contributed by atoms with van der Waals surface area (Å²) in [7, 11) is 0. The van der Waals surface area contributed by atoms with E-state index in [2.05, 4.69) is 0 Å². The van der Waals surface area contributed by atoms with Gasteiger partial charge in [0.15, 0.2) is 0 Å². The van der Waals surface area contributed by atoms with Crippen LogP contribution >= 0.6 is 11.6 Å². The van der Waals surface area contributed by atoms with Crippen molar-refractivity contribution in [1.29, 1.82) is 0 Å².